The van der Waals surface area contributed by atoms with Gasteiger partial charge >= 0.3 is 7.60 Å². The molecule has 3 aromatic carbocycles. The van der Waals surface area contributed by atoms with Gasteiger partial charge in [-0.3, -0.25) is 15.3 Å². The smallest absolute Gasteiger partial charge is 0.323 e. The van der Waals surface area contributed by atoms with E-state index < -0.39 is 19.4 Å². The van der Waals surface area contributed by atoms with Crippen LogP contribution in [0.3, 0.4) is 0 Å². The third-order valence-corrected chi connectivity index (χ3v) is 6.38. The molecule has 172 valence electrons. The quantitative estimate of drug-likeness (QED) is 0.103. The summed E-state index contributed by atoms with van der Waals surface area (Å²) >= 11 is 0. The number of hydrogen-bond donors (Lipinski definition) is 5. The van der Waals surface area contributed by atoms with Gasteiger partial charge in [0.05, 0.1) is 6.04 Å². The summed E-state index contributed by atoms with van der Waals surface area (Å²) in [6.07, 6.45) is 0.507. The maximum absolute atomic E-state index is 12.3. The van der Waals surface area contributed by atoms with Crippen molar-refractivity contribution in [3.63, 3.8) is 0 Å². The van der Waals surface area contributed by atoms with Crippen LogP contribution in [0.5, 0.6) is 0 Å². The molecule has 6 N–H and O–H groups in total. The van der Waals surface area contributed by atoms with Gasteiger partial charge in [-0.2, -0.15) is 10.2 Å². The lowest BCUT2D eigenvalue weighted by molar-refractivity contribution is 0.341. The van der Waals surface area contributed by atoms with Crippen molar-refractivity contribution >= 4 is 20.1 Å². The van der Waals surface area contributed by atoms with Gasteiger partial charge in [0, 0.05) is 6.72 Å². The maximum atomic E-state index is 12.3. The first-order valence-electron chi connectivity index (χ1n) is 10.4. The fourth-order valence-electron chi connectivity index (χ4n) is 3.56. The summed E-state index contributed by atoms with van der Waals surface area (Å²) in [4.78, 5) is 20.0. The fraction of sp³-hybridized carbons (Fsp3) is 0.167. The van der Waals surface area contributed by atoms with Gasteiger partial charge in [-0.05, 0) is 35.1 Å². The minimum absolute atomic E-state index is 0.133. The minimum atomic E-state index is -4.50. The van der Waals surface area contributed by atoms with Gasteiger partial charge in [0.25, 0.3) is 0 Å². The highest BCUT2D eigenvalue weighted by atomic mass is 31.2. The van der Waals surface area contributed by atoms with Crippen molar-refractivity contribution in [1.29, 1.82) is 0 Å². The molecule has 33 heavy (non-hydrogen) atoms. The van der Waals surface area contributed by atoms with Crippen LogP contribution >= 0.6 is 7.60 Å². The molecule has 0 bridgehead atoms. The van der Waals surface area contributed by atoms with Crippen molar-refractivity contribution < 1.29 is 14.4 Å². The van der Waals surface area contributed by atoms with Crippen molar-refractivity contribution in [3.05, 3.63) is 96.1 Å². The predicted molar refractivity (Wildman–Crippen MR) is 133 cm³/mol. The van der Waals surface area contributed by atoms with Gasteiger partial charge in [0.15, 0.2) is 5.84 Å². The molecule has 0 amide bonds. The molecule has 0 aliphatic heterocycles. The monoisotopic (exact) mass is 465 g/mol. The zero-order valence-corrected chi connectivity index (χ0v) is 19.0. The summed E-state index contributed by atoms with van der Waals surface area (Å²) in [6, 6.07) is 26.5. The van der Waals surface area contributed by atoms with Crippen molar-refractivity contribution in [3.8, 4) is 11.1 Å². The molecule has 0 fully saturated rings. The van der Waals surface area contributed by atoms with Crippen molar-refractivity contribution in [1.82, 2.24) is 10.7 Å². The molecule has 0 aliphatic carbocycles. The lowest BCUT2D eigenvalue weighted by Crippen LogP contribution is -2.49. The summed E-state index contributed by atoms with van der Waals surface area (Å²) in [5.41, 5.74) is 6.54. The maximum Gasteiger partial charge on any atom is 0.342 e. The Bertz CT molecular complexity index is 1100. The van der Waals surface area contributed by atoms with Crippen LogP contribution in [0.15, 0.2) is 95.1 Å². The minimum Gasteiger partial charge on any atom is -0.323 e. The Labute approximate surface area is 193 Å². The van der Waals surface area contributed by atoms with E-state index in [0.29, 0.717) is 6.42 Å². The highest BCUT2D eigenvalue weighted by Gasteiger charge is 2.32. The van der Waals surface area contributed by atoms with Crippen LogP contribution < -0.4 is 16.6 Å². The van der Waals surface area contributed by atoms with E-state index in [1.54, 1.807) is 0 Å². The molecule has 9 heteroatoms. The molecule has 0 aromatic heterocycles. The van der Waals surface area contributed by atoms with Crippen LogP contribution in [0.2, 0.25) is 0 Å². The molecule has 0 aliphatic rings. The molecule has 0 spiro atoms. The van der Waals surface area contributed by atoms with Crippen LogP contribution in [0.1, 0.15) is 11.1 Å². The molecular weight excluding hydrogens is 437 g/mol. The molecule has 3 rings (SSSR count). The van der Waals surface area contributed by atoms with E-state index in [1.807, 2.05) is 84.9 Å². The van der Waals surface area contributed by atoms with Crippen LogP contribution in [0, 0.1) is 0 Å². The average molecular weight is 465 g/mol. The van der Waals surface area contributed by atoms with Crippen LogP contribution in [-0.2, 0) is 17.4 Å². The number of hydrazone groups is 2. The normalized spacial score (nSPS) is 13.8. The van der Waals surface area contributed by atoms with E-state index in [-0.39, 0.29) is 12.3 Å². The molecule has 0 heterocycles. The molecule has 1 unspecified atom stereocenters. The summed E-state index contributed by atoms with van der Waals surface area (Å²) in [5, 5.41) is 10.4. The standard InChI is InChI=1S/C24H28N5O3P/c1-26-29-24(28-25)22(27-23(33(30,31)32)17-18-8-4-2-5-9-18)16-19-12-14-21(15-13-19)20-10-6-3-7-11-20/h2-15,22-23,27H,1,16-17,25H2,(H,28,29)(H2,30,31,32)/t22-,23?/m0/s1. The van der Waals surface area contributed by atoms with E-state index in [1.165, 1.54) is 0 Å². The summed E-state index contributed by atoms with van der Waals surface area (Å²) in [5.74, 6) is 4.64. The Morgan fingerprint density at radius 1 is 0.879 bits per heavy atom. The second-order valence-corrected chi connectivity index (χ2v) is 9.37. The molecule has 0 saturated heterocycles. The number of benzene rings is 3. The Balaban J connectivity index is 1.84. The summed E-state index contributed by atoms with van der Waals surface area (Å²) < 4.78 is 12.3. The van der Waals surface area contributed by atoms with Gasteiger partial charge in [0.2, 0.25) is 0 Å². The Hall–Kier alpha value is -3.29. The molecule has 0 saturated carbocycles. The number of rotatable bonds is 10. The molecule has 3 aromatic rings. The van der Waals surface area contributed by atoms with Crippen molar-refractivity contribution in [2.75, 3.05) is 0 Å². The van der Waals surface area contributed by atoms with Crippen molar-refractivity contribution in [2.45, 2.75) is 24.7 Å². The van der Waals surface area contributed by atoms with E-state index in [4.69, 9.17) is 5.84 Å². The molecule has 2 atom stereocenters. The van der Waals surface area contributed by atoms with Crippen molar-refractivity contribution in [2.24, 2.45) is 16.0 Å². The highest BCUT2D eigenvalue weighted by molar-refractivity contribution is 7.52. The highest BCUT2D eigenvalue weighted by Crippen LogP contribution is 2.41. The van der Waals surface area contributed by atoms with Gasteiger partial charge in [-0.25, -0.2) is 0 Å². The third kappa shape index (κ3) is 7.10. The number of hydrogen-bond acceptors (Lipinski definition) is 5. The van der Waals surface area contributed by atoms with Gasteiger partial charge in [-0.15, -0.1) is 0 Å². The van der Waals surface area contributed by atoms with Gasteiger partial charge < -0.3 is 15.6 Å². The summed E-state index contributed by atoms with van der Waals surface area (Å²) in [6.45, 7) is 3.40. The first kappa shape index (κ1) is 24.4. The zero-order valence-electron chi connectivity index (χ0n) is 18.1. The SMILES string of the molecule is C=NNC(=NN)[C@H](Cc1ccc(-c2ccccc2)cc1)NC(Cc1ccccc1)P(=O)(O)O. The lowest BCUT2D eigenvalue weighted by atomic mass is 10.00. The second-order valence-electron chi connectivity index (χ2n) is 7.57. The topological polar surface area (TPSA) is 132 Å². The predicted octanol–water partition coefficient (Wildman–Crippen LogP) is 3.08. The number of nitrogens with one attached hydrogen (secondary N) is 2. The van der Waals surface area contributed by atoms with Gasteiger partial charge in [0.1, 0.15) is 5.78 Å². The first-order valence-corrected chi connectivity index (χ1v) is 12.1. The Morgan fingerprint density at radius 2 is 1.42 bits per heavy atom. The largest absolute Gasteiger partial charge is 0.342 e. The Morgan fingerprint density at radius 3 is 1.97 bits per heavy atom. The van der Waals surface area contributed by atoms with E-state index in [2.05, 4.69) is 27.7 Å². The van der Waals surface area contributed by atoms with Crippen LogP contribution in [-0.4, -0.2) is 34.2 Å². The fourth-order valence-corrected chi connectivity index (χ4v) is 4.38. The number of amidine groups is 1. The van der Waals surface area contributed by atoms with E-state index in [9.17, 15) is 14.4 Å². The van der Waals surface area contributed by atoms with E-state index >= 15 is 0 Å². The summed E-state index contributed by atoms with van der Waals surface area (Å²) in [7, 11) is -4.50. The average Bonchev–Trinajstić information content (AvgIpc) is 2.83. The number of nitrogens with two attached hydrogens (primary N) is 1. The molecule has 8 nitrogen and oxygen atoms in total. The first-order chi connectivity index (χ1) is 15.9. The third-order valence-electron chi connectivity index (χ3n) is 5.24. The Kier molecular flexibility index (Phi) is 8.52. The lowest BCUT2D eigenvalue weighted by Gasteiger charge is -2.27. The molecular formula is C24H28N5O3P. The number of nitrogens with zero attached hydrogens (tertiary/aromatic N) is 2. The van der Waals surface area contributed by atoms with Crippen LogP contribution in [0.25, 0.3) is 11.1 Å². The zero-order chi connectivity index (χ0) is 23.7. The second kappa shape index (κ2) is 11.5. The van der Waals surface area contributed by atoms with Crippen LogP contribution in [0.4, 0.5) is 0 Å². The molecule has 0 radical (unpaired) electrons. The van der Waals surface area contributed by atoms with Gasteiger partial charge in [-0.1, -0.05) is 84.9 Å². The van der Waals surface area contributed by atoms with E-state index in [0.717, 1.165) is 22.3 Å².